The average Bonchev–Trinajstić information content (AvgIpc) is 2.97. The maximum absolute atomic E-state index is 12.6. The zero-order valence-electron chi connectivity index (χ0n) is 15.8. The summed E-state index contributed by atoms with van der Waals surface area (Å²) in [7, 11) is 0. The number of nitrogens with one attached hydrogen (secondary N) is 1. The molecular formula is C22H22N2O3S2. The molecule has 1 heterocycles. The van der Waals surface area contributed by atoms with E-state index in [9.17, 15) is 14.7 Å². The fourth-order valence-electron chi connectivity index (χ4n) is 2.89. The number of aromatic hydroxyl groups is 1. The van der Waals surface area contributed by atoms with E-state index in [0.717, 1.165) is 11.1 Å². The molecule has 0 spiro atoms. The minimum absolute atomic E-state index is 0.0472. The zero-order valence-corrected chi connectivity index (χ0v) is 17.5. The van der Waals surface area contributed by atoms with Crippen LogP contribution in [-0.2, 0) is 16.0 Å². The van der Waals surface area contributed by atoms with Crippen molar-refractivity contribution in [3.05, 3.63) is 70.6 Å². The Hall–Kier alpha value is -2.64. The second kappa shape index (κ2) is 10.2. The Morgan fingerprint density at radius 2 is 1.86 bits per heavy atom. The van der Waals surface area contributed by atoms with Gasteiger partial charge in [-0.2, -0.15) is 0 Å². The molecule has 0 aromatic heterocycles. The van der Waals surface area contributed by atoms with Gasteiger partial charge in [0.25, 0.3) is 5.91 Å². The summed E-state index contributed by atoms with van der Waals surface area (Å²) in [4.78, 5) is 26.8. The third-order valence-electron chi connectivity index (χ3n) is 4.43. The topological polar surface area (TPSA) is 69.6 Å². The molecule has 0 unspecified atom stereocenters. The molecule has 1 fully saturated rings. The number of hydrogen-bond acceptors (Lipinski definition) is 5. The van der Waals surface area contributed by atoms with Gasteiger partial charge in [0, 0.05) is 19.5 Å². The number of thioether (sulfide) groups is 1. The summed E-state index contributed by atoms with van der Waals surface area (Å²) in [6.07, 6.45) is 3.43. The fraction of sp³-hybridized carbons (Fsp3) is 0.227. The van der Waals surface area contributed by atoms with E-state index < -0.39 is 0 Å². The van der Waals surface area contributed by atoms with Crippen LogP contribution in [0.25, 0.3) is 6.08 Å². The second-order valence-electron chi connectivity index (χ2n) is 6.61. The number of phenols is 1. The van der Waals surface area contributed by atoms with E-state index in [-0.39, 0.29) is 17.6 Å². The van der Waals surface area contributed by atoms with Gasteiger partial charge in [-0.3, -0.25) is 14.5 Å². The number of amides is 2. The molecule has 29 heavy (non-hydrogen) atoms. The lowest BCUT2D eigenvalue weighted by Crippen LogP contribution is -2.31. The number of rotatable bonds is 8. The first kappa shape index (κ1) is 21.1. The van der Waals surface area contributed by atoms with Gasteiger partial charge in [0.05, 0.1) is 4.91 Å². The maximum atomic E-state index is 12.6. The van der Waals surface area contributed by atoms with Crippen molar-refractivity contribution in [2.75, 3.05) is 13.1 Å². The SMILES string of the molecule is O=C(CCCN1C(=O)/C(=C/c2ccccc2)SC1=S)NCCc1ccc(O)cc1. The normalized spacial score (nSPS) is 15.2. The van der Waals surface area contributed by atoms with Crippen LogP contribution in [0.1, 0.15) is 24.0 Å². The van der Waals surface area contributed by atoms with Crippen LogP contribution in [0.3, 0.4) is 0 Å². The van der Waals surface area contributed by atoms with E-state index >= 15 is 0 Å². The third-order valence-corrected chi connectivity index (χ3v) is 5.81. The van der Waals surface area contributed by atoms with Crippen LogP contribution < -0.4 is 5.32 Å². The number of carbonyl (C=O) groups excluding carboxylic acids is 2. The smallest absolute Gasteiger partial charge is 0.266 e. The standard InChI is InChI=1S/C22H22N2O3S2/c25-18-10-8-16(9-11-18)12-13-23-20(26)7-4-14-24-21(27)19(29-22(24)28)15-17-5-2-1-3-6-17/h1-3,5-6,8-11,15,25H,4,7,12-14H2,(H,23,26)/b19-15-. The monoisotopic (exact) mass is 426 g/mol. The van der Waals surface area contributed by atoms with Crippen LogP contribution in [0.5, 0.6) is 5.75 Å². The Balaban J connectivity index is 1.41. The van der Waals surface area contributed by atoms with Crippen molar-refractivity contribution in [2.24, 2.45) is 0 Å². The highest BCUT2D eigenvalue weighted by molar-refractivity contribution is 8.26. The lowest BCUT2D eigenvalue weighted by Gasteiger charge is -2.14. The minimum Gasteiger partial charge on any atom is -0.508 e. The number of benzene rings is 2. The Morgan fingerprint density at radius 3 is 2.59 bits per heavy atom. The average molecular weight is 427 g/mol. The molecule has 0 saturated carbocycles. The highest BCUT2D eigenvalue weighted by Crippen LogP contribution is 2.32. The molecule has 150 valence electrons. The fourth-order valence-corrected chi connectivity index (χ4v) is 4.20. The van der Waals surface area contributed by atoms with Crippen LogP contribution in [0, 0.1) is 0 Å². The van der Waals surface area contributed by atoms with E-state index in [2.05, 4.69) is 5.32 Å². The van der Waals surface area contributed by atoms with Crippen LogP contribution >= 0.6 is 24.0 Å². The maximum Gasteiger partial charge on any atom is 0.266 e. The van der Waals surface area contributed by atoms with Gasteiger partial charge >= 0.3 is 0 Å². The highest BCUT2D eigenvalue weighted by Gasteiger charge is 2.31. The molecule has 0 bridgehead atoms. The summed E-state index contributed by atoms with van der Waals surface area (Å²) in [5.41, 5.74) is 2.01. The number of carbonyl (C=O) groups is 2. The summed E-state index contributed by atoms with van der Waals surface area (Å²) in [6.45, 7) is 0.965. The number of hydrogen-bond donors (Lipinski definition) is 2. The molecule has 0 atom stereocenters. The zero-order chi connectivity index (χ0) is 20.6. The lowest BCUT2D eigenvalue weighted by atomic mass is 10.1. The summed E-state index contributed by atoms with van der Waals surface area (Å²) < 4.78 is 0.532. The van der Waals surface area contributed by atoms with Gasteiger partial charge in [-0.25, -0.2) is 0 Å². The summed E-state index contributed by atoms with van der Waals surface area (Å²) in [6, 6.07) is 16.6. The Bertz CT molecular complexity index is 911. The van der Waals surface area contributed by atoms with E-state index in [0.29, 0.717) is 41.6 Å². The van der Waals surface area contributed by atoms with Crippen molar-refractivity contribution in [2.45, 2.75) is 19.3 Å². The molecule has 3 rings (SSSR count). The minimum atomic E-state index is -0.100. The Morgan fingerprint density at radius 1 is 1.14 bits per heavy atom. The lowest BCUT2D eigenvalue weighted by molar-refractivity contribution is -0.123. The molecule has 5 nitrogen and oxygen atoms in total. The van der Waals surface area contributed by atoms with Crippen LogP contribution in [-0.4, -0.2) is 39.2 Å². The van der Waals surface area contributed by atoms with Crippen LogP contribution in [0.15, 0.2) is 59.5 Å². The quantitative estimate of drug-likeness (QED) is 0.497. The van der Waals surface area contributed by atoms with Crippen molar-refractivity contribution < 1.29 is 14.7 Å². The summed E-state index contributed by atoms with van der Waals surface area (Å²) in [5, 5.41) is 12.2. The third kappa shape index (κ3) is 6.17. The predicted octanol–water partition coefficient (Wildman–Crippen LogP) is 3.73. The number of nitrogens with zero attached hydrogens (tertiary/aromatic N) is 1. The molecule has 0 aliphatic carbocycles. The molecule has 7 heteroatoms. The molecule has 0 radical (unpaired) electrons. The van der Waals surface area contributed by atoms with Crippen molar-refractivity contribution in [3.63, 3.8) is 0 Å². The highest BCUT2D eigenvalue weighted by atomic mass is 32.2. The molecular weight excluding hydrogens is 404 g/mol. The second-order valence-corrected chi connectivity index (χ2v) is 8.29. The predicted molar refractivity (Wildman–Crippen MR) is 120 cm³/mol. The van der Waals surface area contributed by atoms with Crippen LogP contribution in [0.4, 0.5) is 0 Å². The van der Waals surface area contributed by atoms with E-state index in [1.54, 1.807) is 17.0 Å². The van der Waals surface area contributed by atoms with E-state index in [4.69, 9.17) is 12.2 Å². The molecule has 1 saturated heterocycles. The summed E-state index contributed by atoms with van der Waals surface area (Å²) >= 11 is 6.63. The first-order chi connectivity index (χ1) is 14.0. The van der Waals surface area contributed by atoms with Gasteiger partial charge in [0.1, 0.15) is 10.1 Å². The van der Waals surface area contributed by atoms with Gasteiger partial charge in [0.2, 0.25) is 5.91 Å². The summed E-state index contributed by atoms with van der Waals surface area (Å²) in [5.74, 6) is 0.0812. The van der Waals surface area contributed by atoms with Crippen molar-refractivity contribution in [3.8, 4) is 5.75 Å². The van der Waals surface area contributed by atoms with Crippen molar-refractivity contribution in [1.29, 1.82) is 0 Å². The van der Waals surface area contributed by atoms with Gasteiger partial charge in [0.15, 0.2) is 0 Å². The molecule has 2 aromatic carbocycles. The van der Waals surface area contributed by atoms with Crippen LogP contribution in [0.2, 0.25) is 0 Å². The van der Waals surface area contributed by atoms with Gasteiger partial charge in [-0.15, -0.1) is 0 Å². The number of phenolic OH excluding ortho intramolecular Hbond substituents is 1. The molecule has 1 aliphatic rings. The van der Waals surface area contributed by atoms with Gasteiger partial charge in [-0.05, 0) is 42.2 Å². The van der Waals surface area contributed by atoms with E-state index in [1.807, 2.05) is 48.5 Å². The first-order valence-corrected chi connectivity index (χ1v) is 10.6. The molecule has 1 aliphatic heterocycles. The molecule has 2 N–H and O–H groups in total. The Labute approximate surface area is 179 Å². The van der Waals surface area contributed by atoms with Crippen molar-refractivity contribution in [1.82, 2.24) is 10.2 Å². The first-order valence-electron chi connectivity index (χ1n) is 9.38. The Kier molecular flexibility index (Phi) is 7.43. The van der Waals surface area contributed by atoms with Gasteiger partial charge < -0.3 is 10.4 Å². The molecule has 2 aromatic rings. The van der Waals surface area contributed by atoms with Crippen molar-refractivity contribution >= 4 is 46.2 Å². The van der Waals surface area contributed by atoms with Gasteiger partial charge in [-0.1, -0.05) is 66.4 Å². The number of thiocarbonyl (C=S) groups is 1. The van der Waals surface area contributed by atoms with E-state index in [1.165, 1.54) is 11.8 Å². The largest absolute Gasteiger partial charge is 0.508 e. The molecule has 2 amide bonds.